The van der Waals surface area contributed by atoms with Crippen molar-refractivity contribution in [2.45, 2.75) is 26.2 Å². The summed E-state index contributed by atoms with van der Waals surface area (Å²) < 4.78 is 4.89. The minimum absolute atomic E-state index is 0.0174. The molecular weight excluding hydrogens is 318 g/mol. The van der Waals surface area contributed by atoms with Gasteiger partial charge in [0.05, 0.1) is 5.56 Å². The molecule has 0 aliphatic carbocycles. The second kappa shape index (κ2) is 7.75. The van der Waals surface area contributed by atoms with Crippen molar-refractivity contribution in [1.29, 1.82) is 0 Å². The second-order valence-corrected chi connectivity index (χ2v) is 6.65. The predicted octanol–water partition coefficient (Wildman–Crippen LogP) is 3.10. The first-order valence-corrected chi connectivity index (χ1v) is 7.94. The van der Waals surface area contributed by atoms with E-state index in [9.17, 15) is 14.4 Å². The van der Waals surface area contributed by atoms with Crippen LogP contribution in [-0.4, -0.2) is 24.4 Å². The zero-order valence-electron chi connectivity index (χ0n) is 14.5. The van der Waals surface area contributed by atoms with E-state index < -0.39 is 24.4 Å². The number of nitrogens with one attached hydrogen (secondary N) is 1. The van der Waals surface area contributed by atoms with Crippen LogP contribution in [0.1, 0.15) is 47.1 Å². The Labute approximate surface area is 147 Å². The summed E-state index contributed by atoms with van der Waals surface area (Å²) >= 11 is 0. The van der Waals surface area contributed by atoms with E-state index in [1.165, 1.54) is 0 Å². The molecule has 5 nitrogen and oxygen atoms in total. The third kappa shape index (κ3) is 5.28. The van der Waals surface area contributed by atoms with Crippen LogP contribution in [0.5, 0.6) is 0 Å². The second-order valence-electron chi connectivity index (χ2n) is 6.65. The number of amides is 2. The number of ether oxygens (including phenoxy) is 1. The highest BCUT2D eigenvalue weighted by Crippen LogP contribution is 2.22. The number of carbonyl (C=O) groups excluding carboxylic acids is 3. The number of esters is 1. The molecule has 1 N–H and O–H groups in total. The van der Waals surface area contributed by atoms with Gasteiger partial charge in [0.25, 0.3) is 11.8 Å². The molecule has 25 heavy (non-hydrogen) atoms. The van der Waals surface area contributed by atoms with Crippen molar-refractivity contribution in [3.63, 3.8) is 0 Å². The fourth-order valence-corrected chi connectivity index (χ4v) is 2.15. The standard InChI is InChI=1S/C20H21NO4/c1-20(2,3)16-11-9-14(10-12-16)18(23)21-17(22)13-25-19(24)15-7-5-4-6-8-15/h4-12H,13H2,1-3H3,(H,21,22,23). The van der Waals surface area contributed by atoms with Crippen molar-refractivity contribution >= 4 is 17.8 Å². The van der Waals surface area contributed by atoms with Gasteiger partial charge in [-0.2, -0.15) is 0 Å². The monoisotopic (exact) mass is 339 g/mol. The van der Waals surface area contributed by atoms with Gasteiger partial charge in [0, 0.05) is 5.56 Å². The third-order valence-corrected chi connectivity index (χ3v) is 3.61. The van der Waals surface area contributed by atoms with E-state index in [4.69, 9.17) is 4.74 Å². The molecule has 0 unspecified atom stereocenters. The van der Waals surface area contributed by atoms with Crippen LogP contribution in [0.4, 0.5) is 0 Å². The van der Waals surface area contributed by atoms with Crippen molar-refractivity contribution < 1.29 is 19.1 Å². The number of carbonyl (C=O) groups is 3. The van der Waals surface area contributed by atoms with Crippen molar-refractivity contribution in [3.05, 3.63) is 71.3 Å². The maximum atomic E-state index is 12.1. The van der Waals surface area contributed by atoms with Crippen molar-refractivity contribution in [2.75, 3.05) is 6.61 Å². The Bertz CT molecular complexity index is 759. The lowest BCUT2D eigenvalue weighted by atomic mass is 9.87. The molecule has 2 aromatic carbocycles. The molecule has 5 heteroatoms. The Kier molecular flexibility index (Phi) is 5.70. The highest BCUT2D eigenvalue weighted by atomic mass is 16.5. The van der Waals surface area contributed by atoms with E-state index >= 15 is 0 Å². The summed E-state index contributed by atoms with van der Waals surface area (Å²) in [5.74, 6) is -1.81. The summed E-state index contributed by atoms with van der Waals surface area (Å²) in [5, 5.41) is 2.21. The number of imide groups is 1. The van der Waals surface area contributed by atoms with Crippen LogP contribution in [0.2, 0.25) is 0 Å². The topological polar surface area (TPSA) is 72.5 Å². The van der Waals surface area contributed by atoms with Gasteiger partial charge in [0.15, 0.2) is 6.61 Å². The maximum absolute atomic E-state index is 12.1. The first-order valence-electron chi connectivity index (χ1n) is 7.94. The van der Waals surface area contributed by atoms with E-state index in [0.29, 0.717) is 11.1 Å². The van der Waals surface area contributed by atoms with Gasteiger partial charge in [-0.25, -0.2) is 4.79 Å². The molecule has 0 saturated heterocycles. The Morgan fingerprint density at radius 3 is 2.04 bits per heavy atom. The first-order chi connectivity index (χ1) is 11.8. The smallest absolute Gasteiger partial charge is 0.338 e. The lowest BCUT2D eigenvalue weighted by molar-refractivity contribution is -0.123. The van der Waals surface area contributed by atoms with Crippen LogP contribution in [0, 0.1) is 0 Å². The molecule has 0 fully saturated rings. The minimum atomic E-state index is -0.672. The summed E-state index contributed by atoms with van der Waals surface area (Å²) in [7, 11) is 0. The lowest BCUT2D eigenvalue weighted by Gasteiger charge is -2.18. The fourth-order valence-electron chi connectivity index (χ4n) is 2.15. The first kappa shape index (κ1) is 18.4. The van der Waals surface area contributed by atoms with Crippen LogP contribution in [0.15, 0.2) is 54.6 Å². The minimum Gasteiger partial charge on any atom is -0.452 e. The molecule has 2 rings (SSSR count). The van der Waals surface area contributed by atoms with Gasteiger partial charge in [-0.3, -0.25) is 14.9 Å². The summed E-state index contributed by atoms with van der Waals surface area (Å²) in [4.78, 5) is 35.6. The van der Waals surface area contributed by atoms with Crippen molar-refractivity contribution in [1.82, 2.24) is 5.32 Å². The zero-order chi connectivity index (χ0) is 18.4. The Balaban J connectivity index is 1.88. The molecule has 0 bridgehead atoms. The van der Waals surface area contributed by atoms with Crippen molar-refractivity contribution in [2.24, 2.45) is 0 Å². The molecule has 0 saturated carbocycles. The van der Waals surface area contributed by atoms with Gasteiger partial charge in [-0.1, -0.05) is 51.1 Å². The molecule has 0 heterocycles. The SMILES string of the molecule is CC(C)(C)c1ccc(C(=O)NC(=O)COC(=O)c2ccccc2)cc1. The summed E-state index contributed by atoms with van der Waals surface area (Å²) in [6, 6.07) is 15.4. The van der Waals surface area contributed by atoms with Crippen LogP contribution in [0.3, 0.4) is 0 Å². The highest BCUT2D eigenvalue weighted by molar-refractivity contribution is 6.05. The van der Waals surface area contributed by atoms with Gasteiger partial charge < -0.3 is 4.74 Å². The number of hydrogen-bond donors (Lipinski definition) is 1. The van der Waals surface area contributed by atoms with E-state index in [1.54, 1.807) is 42.5 Å². The van der Waals surface area contributed by atoms with Gasteiger partial charge in [0.2, 0.25) is 0 Å². The number of hydrogen-bond acceptors (Lipinski definition) is 4. The maximum Gasteiger partial charge on any atom is 0.338 e. The average molecular weight is 339 g/mol. The summed E-state index contributed by atoms with van der Waals surface area (Å²) in [6.45, 7) is 5.71. The van der Waals surface area contributed by atoms with Gasteiger partial charge in [0.1, 0.15) is 0 Å². The molecule has 0 radical (unpaired) electrons. The molecule has 2 amide bonds. The summed E-state index contributed by atoms with van der Waals surface area (Å²) in [5.41, 5.74) is 1.79. The van der Waals surface area contributed by atoms with Crippen LogP contribution in [-0.2, 0) is 14.9 Å². The highest BCUT2D eigenvalue weighted by Gasteiger charge is 2.16. The molecule has 2 aromatic rings. The zero-order valence-corrected chi connectivity index (χ0v) is 14.5. The van der Waals surface area contributed by atoms with E-state index in [1.807, 2.05) is 12.1 Å². The molecule has 0 atom stereocenters. The normalized spacial score (nSPS) is 10.8. The molecule has 0 aromatic heterocycles. The lowest BCUT2D eigenvalue weighted by Crippen LogP contribution is -2.34. The largest absolute Gasteiger partial charge is 0.452 e. The van der Waals surface area contributed by atoms with Crippen LogP contribution in [0.25, 0.3) is 0 Å². The van der Waals surface area contributed by atoms with E-state index in [-0.39, 0.29) is 5.41 Å². The quantitative estimate of drug-likeness (QED) is 0.869. The summed E-state index contributed by atoms with van der Waals surface area (Å²) in [6.07, 6.45) is 0. The van der Waals surface area contributed by atoms with Crippen LogP contribution >= 0.6 is 0 Å². The third-order valence-electron chi connectivity index (χ3n) is 3.61. The van der Waals surface area contributed by atoms with Gasteiger partial charge in [-0.05, 0) is 35.2 Å². The number of benzene rings is 2. The fraction of sp³-hybridized carbons (Fsp3) is 0.250. The van der Waals surface area contributed by atoms with Gasteiger partial charge >= 0.3 is 5.97 Å². The predicted molar refractivity (Wildman–Crippen MR) is 94.3 cm³/mol. The Morgan fingerprint density at radius 1 is 0.880 bits per heavy atom. The van der Waals surface area contributed by atoms with Crippen LogP contribution < -0.4 is 5.32 Å². The van der Waals surface area contributed by atoms with Crippen molar-refractivity contribution in [3.8, 4) is 0 Å². The molecule has 0 aliphatic heterocycles. The van der Waals surface area contributed by atoms with E-state index in [0.717, 1.165) is 5.56 Å². The number of rotatable bonds is 4. The molecule has 0 spiro atoms. The average Bonchev–Trinajstić information content (AvgIpc) is 2.59. The van der Waals surface area contributed by atoms with E-state index in [2.05, 4.69) is 26.1 Å². The Morgan fingerprint density at radius 2 is 1.48 bits per heavy atom. The Hall–Kier alpha value is -2.95. The molecular formula is C20H21NO4. The molecule has 130 valence electrons. The molecule has 0 aliphatic rings. The van der Waals surface area contributed by atoms with Gasteiger partial charge in [-0.15, -0.1) is 0 Å².